The molecule has 0 aromatic carbocycles. The van der Waals surface area contributed by atoms with Crippen LogP contribution in [0.5, 0.6) is 0 Å². The Bertz CT molecular complexity index is 301. The summed E-state index contributed by atoms with van der Waals surface area (Å²) in [4.78, 5) is 15.9. The van der Waals surface area contributed by atoms with Crippen molar-refractivity contribution in [1.29, 1.82) is 0 Å². The number of nitrogens with one attached hydrogen (secondary N) is 2. The summed E-state index contributed by atoms with van der Waals surface area (Å²) in [6, 6.07) is 0.0970. The topological polar surface area (TPSA) is 56.8 Å². The number of methoxy groups -OCH3 is 1. The summed E-state index contributed by atoms with van der Waals surface area (Å²) in [5.74, 6) is 0.730. The zero-order valence-corrected chi connectivity index (χ0v) is 12.6. The third-order valence-electron chi connectivity index (χ3n) is 4.15. The zero-order chi connectivity index (χ0) is 14.2. The van der Waals surface area contributed by atoms with Crippen molar-refractivity contribution in [2.45, 2.75) is 12.8 Å². The van der Waals surface area contributed by atoms with Gasteiger partial charge >= 0.3 is 6.03 Å². The lowest BCUT2D eigenvalue weighted by Gasteiger charge is -2.33. The lowest BCUT2D eigenvalue weighted by Crippen LogP contribution is -2.44. The molecule has 6 nitrogen and oxygen atoms in total. The molecule has 2 fully saturated rings. The van der Waals surface area contributed by atoms with Gasteiger partial charge in [-0.25, -0.2) is 4.79 Å². The highest BCUT2D eigenvalue weighted by molar-refractivity contribution is 5.76. The molecule has 2 amide bonds. The van der Waals surface area contributed by atoms with Gasteiger partial charge in [0.25, 0.3) is 0 Å². The lowest BCUT2D eigenvalue weighted by atomic mass is 9.98. The molecule has 0 aromatic rings. The Morgan fingerprint density at radius 3 is 3.05 bits per heavy atom. The summed E-state index contributed by atoms with van der Waals surface area (Å²) in [7, 11) is 1.73. The van der Waals surface area contributed by atoms with Gasteiger partial charge in [-0.2, -0.15) is 0 Å². The number of hydrogen-bond donors (Lipinski definition) is 2. The average molecular weight is 284 g/mol. The molecule has 2 saturated heterocycles. The monoisotopic (exact) mass is 284 g/mol. The second-order valence-corrected chi connectivity index (χ2v) is 5.72. The summed E-state index contributed by atoms with van der Waals surface area (Å²) in [6.07, 6.45) is 2.57. The SMILES string of the molecule is COCCNCC1CCCN(CCN2CCNC2=O)C1. The number of carbonyl (C=O) groups is 1. The Balaban J connectivity index is 1.61. The van der Waals surface area contributed by atoms with Crippen LogP contribution in [0.2, 0.25) is 0 Å². The van der Waals surface area contributed by atoms with Gasteiger partial charge in [-0.15, -0.1) is 0 Å². The summed E-state index contributed by atoms with van der Waals surface area (Å²) in [5.41, 5.74) is 0. The number of piperidine rings is 1. The van der Waals surface area contributed by atoms with Crippen molar-refractivity contribution >= 4 is 6.03 Å². The quantitative estimate of drug-likeness (QED) is 0.614. The first kappa shape index (κ1) is 15.5. The molecule has 0 radical (unpaired) electrons. The van der Waals surface area contributed by atoms with Crippen LogP contribution in [0.3, 0.4) is 0 Å². The number of amides is 2. The van der Waals surface area contributed by atoms with Crippen molar-refractivity contribution < 1.29 is 9.53 Å². The number of hydrogen-bond acceptors (Lipinski definition) is 4. The van der Waals surface area contributed by atoms with Crippen LogP contribution in [-0.4, -0.2) is 81.9 Å². The number of nitrogens with zero attached hydrogens (tertiary/aromatic N) is 2. The van der Waals surface area contributed by atoms with E-state index >= 15 is 0 Å². The molecule has 2 aliphatic rings. The first-order valence-electron chi connectivity index (χ1n) is 7.74. The minimum Gasteiger partial charge on any atom is -0.383 e. The Morgan fingerprint density at radius 1 is 1.40 bits per heavy atom. The zero-order valence-electron chi connectivity index (χ0n) is 12.6. The van der Waals surface area contributed by atoms with E-state index < -0.39 is 0 Å². The molecule has 2 rings (SSSR count). The maximum atomic E-state index is 11.5. The molecule has 2 N–H and O–H groups in total. The molecule has 20 heavy (non-hydrogen) atoms. The molecule has 0 bridgehead atoms. The van der Waals surface area contributed by atoms with Crippen LogP contribution in [0.25, 0.3) is 0 Å². The van der Waals surface area contributed by atoms with Gasteiger partial charge in [0.1, 0.15) is 0 Å². The van der Waals surface area contributed by atoms with E-state index in [-0.39, 0.29) is 6.03 Å². The predicted molar refractivity (Wildman–Crippen MR) is 78.9 cm³/mol. The fraction of sp³-hybridized carbons (Fsp3) is 0.929. The second-order valence-electron chi connectivity index (χ2n) is 5.72. The molecule has 0 aliphatic carbocycles. The van der Waals surface area contributed by atoms with Crippen molar-refractivity contribution in [3.63, 3.8) is 0 Å². The van der Waals surface area contributed by atoms with Crippen molar-refractivity contribution in [2.24, 2.45) is 5.92 Å². The normalized spacial score (nSPS) is 24.1. The van der Waals surface area contributed by atoms with Crippen LogP contribution in [0.1, 0.15) is 12.8 Å². The fourth-order valence-corrected chi connectivity index (χ4v) is 2.99. The summed E-state index contributed by atoms with van der Waals surface area (Å²) in [6.45, 7) is 8.61. The number of likely N-dealkylation sites (tertiary alicyclic amines) is 1. The number of carbonyl (C=O) groups excluding carboxylic acids is 1. The fourth-order valence-electron chi connectivity index (χ4n) is 2.99. The van der Waals surface area contributed by atoms with Crippen LogP contribution in [0.15, 0.2) is 0 Å². The Kier molecular flexibility index (Phi) is 6.56. The van der Waals surface area contributed by atoms with Crippen LogP contribution in [-0.2, 0) is 4.74 Å². The van der Waals surface area contributed by atoms with Crippen LogP contribution < -0.4 is 10.6 Å². The summed E-state index contributed by atoms with van der Waals surface area (Å²) < 4.78 is 5.04. The molecule has 1 atom stereocenters. The number of ether oxygens (including phenoxy) is 1. The van der Waals surface area contributed by atoms with Crippen molar-refractivity contribution in [1.82, 2.24) is 20.4 Å². The van der Waals surface area contributed by atoms with E-state index in [1.165, 1.54) is 19.4 Å². The first-order valence-corrected chi connectivity index (χ1v) is 7.74. The van der Waals surface area contributed by atoms with Crippen molar-refractivity contribution in [3.8, 4) is 0 Å². The van der Waals surface area contributed by atoms with Gasteiger partial charge in [-0.1, -0.05) is 0 Å². The highest BCUT2D eigenvalue weighted by Crippen LogP contribution is 2.15. The van der Waals surface area contributed by atoms with Crippen LogP contribution in [0, 0.1) is 5.92 Å². The summed E-state index contributed by atoms with van der Waals surface area (Å²) in [5, 5.41) is 6.31. The molecular formula is C14H28N4O2. The van der Waals surface area contributed by atoms with E-state index in [2.05, 4.69) is 15.5 Å². The number of urea groups is 1. The molecule has 2 heterocycles. The molecule has 0 aromatic heterocycles. The first-order chi connectivity index (χ1) is 9.79. The van der Waals surface area contributed by atoms with Crippen LogP contribution >= 0.6 is 0 Å². The van der Waals surface area contributed by atoms with Crippen molar-refractivity contribution in [2.75, 3.05) is 66.1 Å². The summed E-state index contributed by atoms with van der Waals surface area (Å²) >= 11 is 0. The largest absolute Gasteiger partial charge is 0.383 e. The van der Waals surface area contributed by atoms with E-state index in [9.17, 15) is 4.79 Å². The average Bonchev–Trinajstić information content (AvgIpc) is 2.87. The van der Waals surface area contributed by atoms with Gasteiger partial charge in [0, 0.05) is 46.4 Å². The van der Waals surface area contributed by atoms with E-state index in [1.54, 1.807) is 7.11 Å². The van der Waals surface area contributed by atoms with E-state index in [0.29, 0.717) is 0 Å². The van der Waals surface area contributed by atoms with Gasteiger partial charge < -0.3 is 25.2 Å². The maximum Gasteiger partial charge on any atom is 0.317 e. The third kappa shape index (κ3) is 4.92. The molecular weight excluding hydrogens is 256 g/mol. The second kappa shape index (κ2) is 8.44. The maximum absolute atomic E-state index is 11.5. The molecule has 0 spiro atoms. The molecule has 116 valence electrons. The van der Waals surface area contributed by atoms with Crippen LogP contribution in [0.4, 0.5) is 4.79 Å². The van der Waals surface area contributed by atoms with Gasteiger partial charge in [-0.3, -0.25) is 0 Å². The Labute approximate surface area is 121 Å². The minimum absolute atomic E-state index is 0.0970. The molecule has 6 heteroatoms. The Hall–Kier alpha value is -0.850. The highest BCUT2D eigenvalue weighted by atomic mass is 16.5. The Morgan fingerprint density at radius 2 is 2.30 bits per heavy atom. The standard InChI is InChI=1S/C14H28N4O2/c1-20-10-5-15-11-13-3-2-6-17(12-13)8-9-18-7-4-16-14(18)19/h13,15H,2-12H2,1H3,(H,16,19). The predicted octanol–water partition coefficient (Wildman–Crippen LogP) is -0.0404. The van der Waals surface area contributed by atoms with Gasteiger partial charge in [-0.05, 0) is 31.8 Å². The number of rotatable bonds is 8. The van der Waals surface area contributed by atoms with Gasteiger partial charge in [0.05, 0.1) is 6.61 Å². The van der Waals surface area contributed by atoms with E-state index in [0.717, 1.165) is 58.3 Å². The van der Waals surface area contributed by atoms with Gasteiger partial charge in [0.2, 0.25) is 0 Å². The molecule has 1 unspecified atom stereocenters. The third-order valence-corrected chi connectivity index (χ3v) is 4.15. The van der Waals surface area contributed by atoms with E-state index in [4.69, 9.17) is 4.74 Å². The van der Waals surface area contributed by atoms with Gasteiger partial charge in [0.15, 0.2) is 0 Å². The molecule has 0 saturated carbocycles. The minimum atomic E-state index is 0.0970. The lowest BCUT2D eigenvalue weighted by molar-refractivity contribution is 0.151. The molecule has 2 aliphatic heterocycles. The van der Waals surface area contributed by atoms with Crippen molar-refractivity contribution in [3.05, 3.63) is 0 Å². The van der Waals surface area contributed by atoms with E-state index in [1.807, 2.05) is 4.90 Å². The smallest absolute Gasteiger partial charge is 0.317 e. The highest BCUT2D eigenvalue weighted by Gasteiger charge is 2.23.